The monoisotopic (exact) mass is 428 g/mol. The van der Waals surface area contributed by atoms with Crippen molar-refractivity contribution in [2.45, 2.75) is 6.54 Å². The Morgan fingerprint density at radius 2 is 1.86 bits per heavy atom. The van der Waals surface area contributed by atoms with Gasteiger partial charge in [-0.25, -0.2) is 0 Å². The van der Waals surface area contributed by atoms with Crippen molar-refractivity contribution in [3.63, 3.8) is 0 Å². The van der Waals surface area contributed by atoms with Crippen LogP contribution in [-0.4, -0.2) is 20.7 Å². The van der Waals surface area contributed by atoms with Crippen LogP contribution in [0.2, 0.25) is 10.0 Å². The molecule has 4 rings (SSSR count). The molecular weight excluding hydrogens is 415 g/mol. The van der Waals surface area contributed by atoms with E-state index in [4.69, 9.17) is 35.4 Å². The Kier molecular flexibility index (Phi) is 5.17. The van der Waals surface area contributed by atoms with Crippen LogP contribution >= 0.6 is 35.4 Å². The number of amides is 1. The summed E-state index contributed by atoms with van der Waals surface area (Å²) in [6, 6.07) is 18.6. The number of carbonyl (C=O) groups excluding carboxylic acids is 1. The van der Waals surface area contributed by atoms with Gasteiger partial charge in [-0.15, -0.1) is 0 Å². The van der Waals surface area contributed by atoms with E-state index in [-0.39, 0.29) is 12.5 Å². The van der Waals surface area contributed by atoms with E-state index in [2.05, 4.69) is 15.5 Å². The third-order valence-corrected chi connectivity index (χ3v) is 5.36. The molecule has 0 unspecified atom stereocenters. The third-order valence-electron chi connectivity index (χ3n) is 4.34. The molecule has 4 aromatic rings. The summed E-state index contributed by atoms with van der Waals surface area (Å²) in [5.41, 5.74) is 1.32. The number of aromatic amines is 1. The Morgan fingerprint density at radius 3 is 2.68 bits per heavy atom. The van der Waals surface area contributed by atoms with Crippen LogP contribution in [0, 0.1) is 4.77 Å². The van der Waals surface area contributed by atoms with Gasteiger partial charge in [-0.2, -0.15) is 5.10 Å². The maximum Gasteiger partial charge on any atom is 0.252 e. The van der Waals surface area contributed by atoms with Gasteiger partial charge in [0, 0.05) is 5.56 Å². The molecular formula is C20H14Cl2N4OS. The molecule has 0 saturated heterocycles. The lowest BCUT2D eigenvalue weighted by Crippen LogP contribution is -2.24. The third kappa shape index (κ3) is 3.54. The van der Waals surface area contributed by atoms with Crippen LogP contribution in [0.3, 0.4) is 0 Å². The summed E-state index contributed by atoms with van der Waals surface area (Å²) in [5, 5.41) is 12.7. The molecule has 0 atom stereocenters. The highest BCUT2D eigenvalue weighted by Crippen LogP contribution is 2.25. The largest absolute Gasteiger partial charge is 0.345 e. The minimum absolute atomic E-state index is 0.189. The number of H-pyrrole nitrogens is 1. The Bertz CT molecular complexity index is 1240. The maximum absolute atomic E-state index is 12.8. The second-order valence-corrected chi connectivity index (χ2v) is 7.29. The first-order valence-electron chi connectivity index (χ1n) is 8.42. The molecule has 0 aliphatic rings. The van der Waals surface area contributed by atoms with E-state index in [0.717, 1.165) is 10.8 Å². The van der Waals surface area contributed by atoms with Crippen LogP contribution in [0.5, 0.6) is 0 Å². The second-order valence-electron chi connectivity index (χ2n) is 6.09. The maximum atomic E-state index is 12.8. The summed E-state index contributed by atoms with van der Waals surface area (Å²) in [7, 11) is 0. The molecule has 1 aromatic heterocycles. The van der Waals surface area contributed by atoms with Crippen molar-refractivity contribution in [1.29, 1.82) is 0 Å². The van der Waals surface area contributed by atoms with Crippen molar-refractivity contribution in [2.24, 2.45) is 0 Å². The van der Waals surface area contributed by atoms with E-state index in [1.165, 1.54) is 0 Å². The smallest absolute Gasteiger partial charge is 0.252 e. The van der Waals surface area contributed by atoms with Gasteiger partial charge in [0.05, 0.1) is 22.3 Å². The Balaban J connectivity index is 1.61. The highest BCUT2D eigenvalue weighted by molar-refractivity contribution is 7.71. The van der Waals surface area contributed by atoms with Gasteiger partial charge in [0.1, 0.15) is 0 Å². The SMILES string of the molecule is O=C(NCc1n[nH]c(=S)n1-c1ccc(Cl)c(Cl)c1)c1cccc2ccccc12. The number of rotatable bonds is 4. The van der Waals surface area contributed by atoms with E-state index in [9.17, 15) is 4.79 Å². The standard InChI is InChI=1S/C20H14Cl2N4OS/c21-16-9-8-13(10-17(16)22)26-18(24-25-20(26)28)11-23-19(27)15-7-3-5-12-4-1-2-6-14(12)15/h1-10H,11H2,(H,23,27)(H,25,28). The van der Waals surface area contributed by atoms with Crippen molar-refractivity contribution >= 4 is 52.1 Å². The number of hydrogen-bond acceptors (Lipinski definition) is 3. The van der Waals surface area contributed by atoms with Crippen molar-refractivity contribution in [1.82, 2.24) is 20.1 Å². The lowest BCUT2D eigenvalue weighted by atomic mass is 10.0. The quantitative estimate of drug-likeness (QED) is 0.432. The number of carbonyl (C=O) groups is 1. The normalized spacial score (nSPS) is 10.9. The zero-order chi connectivity index (χ0) is 19.7. The molecule has 140 valence electrons. The molecule has 5 nitrogen and oxygen atoms in total. The number of benzene rings is 3. The lowest BCUT2D eigenvalue weighted by molar-refractivity contribution is 0.0951. The molecule has 0 aliphatic carbocycles. The van der Waals surface area contributed by atoms with E-state index in [0.29, 0.717) is 31.9 Å². The summed E-state index contributed by atoms with van der Waals surface area (Å²) in [5.74, 6) is 0.364. The highest BCUT2D eigenvalue weighted by atomic mass is 35.5. The molecule has 0 radical (unpaired) electrons. The number of hydrogen-bond donors (Lipinski definition) is 2. The molecule has 2 N–H and O–H groups in total. The molecule has 0 spiro atoms. The van der Waals surface area contributed by atoms with Crippen LogP contribution in [0.4, 0.5) is 0 Å². The number of nitrogens with one attached hydrogen (secondary N) is 2. The summed E-state index contributed by atoms with van der Waals surface area (Å²) in [4.78, 5) is 12.8. The van der Waals surface area contributed by atoms with Crippen LogP contribution in [0.1, 0.15) is 16.2 Å². The number of halogens is 2. The first-order valence-corrected chi connectivity index (χ1v) is 9.58. The molecule has 1 heterocycles. The highest BCUT2D eigenvalue weighted by Gasteiger charge is 2.13. The number of aromatic nitrogens is 3. The topological polar surface area (TPSA) is 62.7 Å². The Labute approximate surface area is 175 Å². The molecule has 3 aromatic carbocycles. The van der Waals surface area contributed by atoms with Crippen molar-refractivity contribution in [2.75, 3.05) is 0 Å². The fourth-order valence-electron chi connectivity index (χ4n) is 3.02. The van der Waals surface area contributed by atoms with Gasteiger partial charge in [0.25, 0.3) is 5.91 Å². The zero-order valence-electron chi connectivity index (χ0n) is 14.4. The molecule has 8 heteroatoms. The molecule has 0 aliphatic heterocycles. The summed E-state index contributed by atoms with van der Waals surface area (Å²) in [6.07, 6.45) is 0. The first kappa shape index (κ1) is 18.7. The lowest BCUT2D eigenvalue weighted by Gasteiger charge is -2.10. The zero-order valence-corrected chi connectivity index (χ0v) is 16.8. The number of nitrogens with zero attached hydrogens (tertiary/aromatic N) is 2. The van der Waals surface area contributed by atoms with E-state index < -0.39 is 0 Å². The summed E-state index contributed by atoms with van der Waals surface area (Å²) in [6.45, 7) is 0.190. The van der Waals surface area contributed by atoms with E-state index >= 15 is 0 Å². The average molecular weight is 429 g/mol. The first-order chi connectivity index (χ1) is 13.5. The Morgan fingerprint density at radius 1 is 1.07 bits per heavy atom. The van der Waals surface area contributed by atoms with Crippen LogP contribution in [0.15, 0.2) is 60.7 Å². The minimum atomic E-state index is -0.189. The van der Waals surface area contributed by atoms with Crippen molar-refractivity contribution < 1.29 is 4.79 Å². The van der Waals surface area contributed by atoms with Crippen LogP contribution in [0.25, 0.3) is 16.5 Å². The van der Waals surface area contributed by atoms with Gasteiger partial charge in [0.2, 0.25) is 0 Å². The Hall–Kier alpha value is -2.67. The minimum Gasteiger partial charge on any atom is -0.345 e. The van der Waals surface area contributed by atoms with E-state index in [1.807, 2.05) is 36.4 Å². The van der Waals surface area contributed by atoms with Crippen molar-refractivity contribution in [3.05, 3.63) is 86.9 Å². The predicted octanol–water partition coefficient (Wildman–Crippen LogP) is 5.32. The summed E-state index contributed by atoms with van der Waals surface area (Å²) >= 11 is 17.4. The molecule has 0 bridgehead atoms. The van der Waals surface area contributed by atoms with Gasteiger partial charge in [-0.05, 0) is 47.3 Å². The molecule has 28 heavy (non-hydrogen) atoms. The van der Waals surface area contributed by atoms with Gasteiger partial charge in [0.15, 0.2) is 10.6 Å². The predicted molar refractivity (Wildman–Crippen MR) is 114 cm³/mol. The number of fused-ring (bicyclic) bond motifs is 1. The van der Waals surface area contributed by atoms with Crippen LogP contribution in [-0.2, 0) is 6.54 Å². The average Bonchev–Trinajstić information content (AvgIpc) is 3.08. The van der Waals surface area contributed by atoms with Crippen molar-refractivity contribution in [3.8, 4) is 5.69 Å². The fourth-order valence-corrected chi connectivity index (χ4v) is 3.57. The molecule has 0 fully saturated rings. The fraction of sp³-hybridized carbons (Fsp3) is 0.0500. The van der Waals surface area contributed by atoms with Gasteiger partial charge in [-0.3, -0.25) is 14.5 Å². The summed E-state index contributed by atoms with van der Waals surface area (Å²) < 4.78 is 2.11. The van der Waals surface area contributed by atoms with E-state index in [1.54, 1.807) is 28.8 Å². The van der Waals surface area contributed by atoms with Gasteiger partial charge >= 0.3 is 0 Å². The van der Waals surface area contributed by atoms with Gasteiger partial charge in [-0.1, -0.05) is 59.6 Å². The van der Waals surface area contributed by atoms with Gasteiger partial charge < -0.3 is 5.32 Å². The van der Waals surface area contributed by atoms with Crippen LogP contribution < -0.4 is 5.32 Å². The molecule has 0 saturated carbocycles. The molecule has 1 amide bonds. The second kappa shape index (κ2) is 7.75.